The van der Waals surface area contributed by atoms with E-state index in [0.717, 1.165) is 6.42 Å². The van der Waals surface area contributed by atoms with Gasteiger partial charge in [-0.3, -0.25) is 0 Å². The largest absolute Gasteiger partial charge is 0.508 e. The molecule has 2 aliphatic rings. The van der Waals surface area contributed by atoms with E-state index in [2.05, 4.69) is 31.9 Å². The van der Waals surface area contributed by atoms with Gasteiger partial charge in [-0.1, -0.05) is 19.9 Å². The summed E-state index contributed by atoms with van der Waals surface area (Å²) in [4.78, 5) is 2.53. The summed E-state index contributed by atoms with van der Waals surface area (Å²) < 4.78 is 0. The minimum Gasteiger partial charge on any atom is -0.508 e. The van der Waals surface area contributed by atoms with Gasteiger partial charge in [-0.05, 0) is 67.4 Å². The summed E-state index contributed by atoms with van der Waals surface area (Å²) in [5, 5.41) is 9.80. The van der Waals surface area contributed by atoms with Gasteiger partial charge in [0.2, 0.25) is 0 Å². The number of rotatable bonds is 0. The number of phenols is 1. The van der Waals surface area contributed by atoms with Gasteiger partial charge >= 0.3 is 0 Å². The lowest BCUT2D eigenvalue weighted by Crippen LogP contribution is -2.48. The van der Waals surface area contributed by atoms with Crippen molar-refractivity contribution in [3.05, 3.63) is 29.3 Å². The van der Waals surface area contributed by atoms with E-state index in [1.165, 1.54) is 30.5 Å². The normalized spacial score (nSPS) is 35.9. The highest BCUT2D eigenvalue weighted by Crippen LogP contribution is 2.48. The molecule has 2 nitrogen and oxygen atoms in total. The van der Waals surface area contributed by atoms with E-state index < -0.39 is 0 Å². The van der Waals surface area contributed by atoms with Gasteiger partial charge in [-0.2, -0.15) is 0 Å². The van der Waals surface area contributed by atoms with Gasteiger partial charge in [0.25, 0.3) is 0 Å². The Labute approximate surface area is 110 Å². The minimum absolute atomic E-state index is 0.224. The van der Waals surface area contributed by atoms with Gasteiger partial charge in [-0.25, -0.2) is 0 Å². The second kappa shape index (κ2) is 3.99. The molecule has 18 heavy (non-hydrogen) atoms. The van der Waals surface area contributed by atoms with Gasteiger partial charge in [-0.15, -0.1) is 0 Å². The van der Waals surface area contributed by atoms with E-state index in [1.54, 1.807) is 0 Å². The van der Waals surface area contributed by atoms with Crippen LogP contribution in [0.1, 0.15) is 37.8 Å². The number of fused-ring (bicyclic) bond motifs is 4. The third-order valence-corrected chi connectivity index (χ3v) is 5.49. The standard InChI is InChI=1S/C16H23NO/c1-11-15-9-12-5-6-13(18)10-14(12)16(11,2)7-4-8-17(15)3/h5-6,10-11,15,18H,4,7-9H2,1-3H3. The molecule has 2 heteroatoms. The molecule has 1 aliphatic heterocycles. The predicted octanol–water partition coefficient (Wildman–Crippen LogP) is 2.94. The van der Waals surface area contributed by atoms with Crippen LogP contribution in [0.3, 0.4) is 0 Å². The maximum absolute atomic E-state index is 9.80. The van der Waals surface area contributed by atoms with Crippen molar-refractivity contribution < 1.29 is 5.11 Å². The maximum Gasteiger partial charge on any atom is 0.115 e. The number of aromatic hydroxyl groups is 1. The lowest BCUT2D eigenvalue weighted by molar-refractivity contribution is 0.143. The lowest BCUT2D eigenvalue weighted by atomic mass is 9.61. The average Bonchev–Trinajstić information content (AvgIpc) is 2.41. The number of likely N-dealkylation sites (N-methyl/N-ethyl adjacent to an activating group) is 1. The van der Waals surface area contributed by atoms with Crippen LogP contribution in [0.5, 0.6) is 5.75 Å². The number of hydrogen-bond donors (Lipinski definition) is 1. The summed E-state index contributed by atoms with van der Waals surface area (Å²) in [6.07, 6.45) is 3.61. The molecule has 3 rings (SSSR count). The molecule has 1 saturated heterocycles. The second-order valence-corrected chi connectivity index (χ2v) is 6.40. The SMILES string of the molecule is CC1C2Cc3ccc(O)cc3C1(C)CCCN2C. The molecule has 0 aromatic heterocycles. The van der Waals surface area contributed by atoms with Gasteiger partial charge < -0.3 is 10.0 Å². The number of likely N-dealkylation sites (tertiary alicyclic amines) is 1. The number of benzene rings is 1. The van der Waals surface area contributed by atoms with E-state index in [4.69, 9.17) is 0 Å². The van der Waals surface area contributed by atoms with Crippen LogP contribution >= 0.6 is 0 Å². The molecule has 1 aromatic rings. The molecule has 1 fully saturated rings. The molecule has 3 unspecified atom stereocenters. The fourth-order valence-electron chi connectivity index (χ4n) is 4.11. The Morgan fingerprint density at radius 3 is 2.94 bits per heavy atom. The van der Waals surface area contributed by atoms with Crippen LogP contribution in [0.2, 0.25) is 0 Å². The highest BCUT2D eigenvalue weighted by atomic mass is 16.3. The zero-order chi connectivity index (χ0) is 12.9. The van der Waals surface area contributed by atoms with Crippen molar-refractivity contribution >= 4 is 0 Å². The Hall–Kier alpha value is -1.02. The molecule has 1 heterocycles. The maximum atomic E-state index is 9.80. The highest BCUT2D eigenvalue weighted by molar-refractivity contribution is 5.43. The Balaban J connectivity index is 2.16. The Bertz CT molecular complexity index is 470. The fraction of sp³-hybridized carbons (Fsp3) is 0.625. The van der Waals surface area contributed by atoms with Crippen LogP contribution in [0, 0.1) is 5.92 Å². The van der Waals surface area contributed by atoms with Crippen molar-refractivity contribution in [3.63, 3.8) is 0 Å². The first-order chi connectivity index (χ1) is 8.52. The van der Waals surface area contributed by atoms with Crippen molar-refractivity contribution in [2.24, 2.45) is 5.92 Å². The van der Waals surface area contributed by atoms with Crippen LogP contribution in [0.4, 0.5) is 0 Å². The predicted molar refractivity (Wildman–Crippen MR) is 74.0 cm³/mol. The summed E-state index contributed by atoms with van der Waals surface area (Å²) in [7, 11) is 2.26. The van der Waals surface area contributed by atoms with Crippen LogP contribution in [0.25, 0.3) is 0 Å². The summed E-state index contributed by atoms with van der Waals surface area (Å²) in [5.74, 6) is 1.07. The van der Waals surface area contributed by atoms with E-state index in [9.17, 15) is 5.11 Å². The summed E-state index contributed by atoms with van der Waals surface area (Å²) in [6.45, 7) is 5.98. The molecule has 1 aromatic carbocycles. The van der Waals surface area contributed by atoms with Crippen LogP contribution in [-0.4, -0.2) is 29.6 Å². The van der Waals surface area contributed by atoms with Gasteiger partial charge in [0, 0.05) is 6.04 Å². The minimum atomic E-state index is 0.224. The van der Waals surface area contributed by atoms with E-state index in [0.29, 0.717) is 17.7 Å². The number of phenolic OH excluding ortho intramolecular Hbond substituents is 1. The Morgan fingerprint density at radius 1 is 1.39 bits per heavy atom. The van der Waals surface area contributed by atoms with Crippen molar-refractivity contribution in [2.75, 3.05) is 13.6 Å². The first-order valence-corrected chi connectivity index (χ1v) is 7.05. The number of hydrogen-bond acceptors (Lipinski definition) is 2. The van der Waals surface area contributed by atoms with Gasteiger partial charge in [0.15, 0.2) is 0 Å². The second-order valence-electron chi connectivity index (χ2n) is 6.40. The third kappa shape index (κ3) is 1.58. The van der Waals surface area contributed by atoms with E-state index >= 15 is 0 Å². The summed E-state index contributed by atoms with van der Waals surface area (Å²) >= 11 is 0. The summed E-state index contributed by atoms with van der Waals surface area (Å²) in [5.41, 5.74) is 3.05. The van der Waals surface area contributed by atoms with Crippen molar-refractivity contribution in [1.29, 1.82) is 0 Å². The van der Waals surface area contributed by atoms with Gasteiger partial charge in [0.05, 0.1) is 0 Å². The third-order valence-electron chi connectivity index (χ3n) is 5.49. The van der Waals surface area contributed by atoms with Crippen LogP contribution in [-0.2, 0) is 11.8 Å². The fourth-order valence-corrected chi connectivity index (χ4v) is 4.11. The Kier molecular flexibility index (Phi) is 2.67. The van der Waals surface area contributed by atoms with Crippen LogP contribution in [0.15, 0.2) is 18.2 Å². The molecule has 3 atom stereocenters. The first-order valence-electron chi connectivity index (χ1n) is 7.05. The molecular weight excluding hydrogens is 222 g/mol. The van der Waals surface area contributed by atoms with Crippen molar-refractivity contribution in [1.82, 2.24) is 4.90 Å². The number of nitrogens with zero attached hydrogens (tertiary/aromatic N) is 1. The zero-order valence-corrected chi connectivity index (χ0v) is 11.6. The van der Waals surface area contributed by atoms with E-state index in [-0.39, 0.29) is 5.41 Å². The molecule has 0 amide bonds. The monoisotopic (exact) mass is 245 g/mol. The highest BCUT2D eigenvalue weighted by Gasteiger charge is 2.45. The topological polar surface area (TPSA) is 23.5 Å². The van der Waals surface area contributed by atoms with Crippen molar-refractivity contribution in [3.8, 4) is 5.75 Å². The lowest BCUT2D eigenvalue weighted by Gasteiger charge is -2.46. The van der Waals surface area contributed by atoms with Crippen molar-refractivity contribution in [2.45, 2.75) is 44.6 Å². The molecule has 0 spiro atoms. The quantitative estimate of drug-likeness (QED) is 0.759. The summed E-state index contributed by atoms with van der Waals surface area (Å²) in [6, 6.07) is 6.62. The molecular formula is C16H23NO. The molecule has 2 bridgehead atoms. The van der Waals surface area contributed by atoms with Crippen LogP contribution < -0.4 is 0 Å². The smallest absolute Gasteiger partial charge is 0.115 e. The first kappa shape index (κ1) is 12.0. The zero-order valence-electron chi connectivity index (χ0n) is 11.6. The van der Waals surface area contributed by atoms with E-state index in [1.807, 2.05) is 12.1 Å². The Morgan fingerprint density at radius 2 is 2.17 bits per heavy atom. The average molecular weight is 245 g/mol. The molecule has 0 saturated carbocycles. The molecule has 0 radical (unpaired) electrons. The van der Waals surface area contributed by atoms with Gasteiger partial charge in [0.1, 0.15) is 5.75 Å². The molecule has 1 N–H and O–H groups in total. The molecule has 98 valence electrons. The molecule has 1 aliphatic carbocycles.